The zero-order valence-corrected chi connectivity index (χ0v) is 14.6. The van der Waals surface area contributed by atoms with E-state index in [1.54, 1.807) is 0 Å². The van der Waals surface area contributed by atoms with Gasteiger partial charge in [-0.05, 0) is 74.3 Å². The molecular weight excluding hydrogens is 256 g/mol. The molecule has 1 aliphatic rings. The first-order valence-electron chi connectivity index (χ1n) is 7.87. The molecule has 1 aliphatic carbocycles. The predicted octanol–water partition coefficient (Wildman–Crippen LogP) is 6.01. The van der Waals surface area contributed by atoms with Gasteiger partial charge in [-0.3, -0.25) is 0 Å². The number of aryl methyl sites for hydroxylation is 2. The lowest BCUT2D eigenvalue weighted by Gasteiger charge is -2.24. The summed E-state index contributed by atoms with van der Waals surface area (Å²) < 4.78 is 6.22. The molecular formula is C20H26O. The quantitative estimate of drug-likeness (QED) is 0.577. The number of hydrogen-bond acceptors (Lipinski definition) is 1. The Hall–Kier alpha value is -1.50. The summed E-state index contributed by atoms with van der Waals surface area (Å²) in [4.78, 5) is 0. The van der Waals surface area contributed by atoms with Gasteiger partial charge in [-0.15, -0.1) is 0 Å². The molecule has 0 unspecified atom stereocenters. The normalized spacial score (nSPS) is 15.2. The average molecular weight is 282 g/mol. The molecule has 21 heavy (non-hydrogen) atoms. The van der Waals surface area contributed by atoms with Crippen LogP contribution in [-0.2, 0) is 11.8 Å². The van der Waals surface area contributed by atoms with Gasteiger partial charge in [-0.25, -0.2) is 0 Å². The summed E-state index contributed by atoms with van der Waals surface area (Å²) in [6.07, 6.45) is 1.09. The highest BCUT2D eigenvalue weighted by molar-refractivity contribution is 6.00. The van der Waals surface area contributed by atoms with Crippen molar-refractivity contribution >= 4 is 16.5 Å². The maximum absolute atomic E-state index is 6.22. The van der Waals surface area contributed by atoms with Crippen molar-refractivity contribution in [2.75, 3.05) is 0 Å². The fraction of sp³-hybridized carbons (Fsp3) is 0.500. The maximum Gasteiger partial charge on any atom is 0.139 e. The van der Waals surface area contributed by atoms with Crippen LogP contribution in [0, 0.1) is 20.8 Å². The van der Waals surface area contributed by atoms with E-state index in [2.05, 4.69) is 55.4 Å². The zero-order valence-electron chi connectivity index (χ0n) is 14.6. The van der Waals surface area contributed by atoms with E-state index in [-0.39, 0.29) is 5.41 Å². The van der Waals surface area contributed by atoms with Crippen LogP contribution in [0.1, 0.15) is 68.2 Å². The van der Waals surface area contributed by atoms with E-state index >= 15 is 0 Å². The van der Waals surface area contributed by atoms with Gasteiger partial charge in [0.15, 0.2) is 0 Å². The molecule has 3 rings (SSSR count). The third-order valence-corrected chi connectivity index (χ3v) is 5.20. The number of fused-ring (bicyclic) bond motifs is 3. The molecule has 0 amide bonds. The molecule has 0 fully saturated rings. The zero-order chi connectivity index (χ0) is 15.7. The van der Waals surface area contributed by atoms with Gasteiger partial charge in [-0.2, -0.15) is 0 Å². The minimum absolute atomic E-state index is 0.0957. The van der Waals surface area contributed by atoms with Crippen LogP contribution in [0.15, 0.2) is 9.99 Å². The molecule has 112 valence electrons. The van der Waals surface area contributed by atoms with Crippen LogP contribution in [0.25, 0.3) is 16.5 Å². The van der Waals surface area contributed by atoms with E-state index in [9.17, 15) is 0 Å². The summed E-state index contributed by atoms with van der Waals surface area (Å²) in [7, 11) is 0. The lowest BCUT2D eigenvalue weighted by Crippen LogP contribution is -2.15. The second-order valence-electron chi connectivity index (χ2n) is 7.67. The lowest BCUT2D eigenvalue weighted by molar-refractivity contribution is 0.538. The monoisotopic (exact) mass is 282 g/mol. The van der Waals surface area contributed by atoms with Gasteiger partial charge in [-0.1, -0.05) is 26.3 Å². The van der Waals surface area contributed by atoms with Crippen LogP contribution < -0.4 is 0 Å². The SMILES string of the molecule is CC1=C(C)c2c(c(C)c(C(C)(C)C)c3oc(C)c(C)c23)C1. The average Bonchev–Trinajstić information content (AvgIpc) is 2.79. The van der Waals surface area contributed by atoms with Crippen LogP contribution in [0.5, 0.6) is 0 Å². The van der Waals surface area contributed by atoms with Crippen LogP contribution in [0.4, 0.5) is 0 Å². The third-order valence-electron chi connectivity index (χ3n) is 5.20. The Morgan fingerprint density at radius 3 is 2.10 bits per heavy atom. The maximum atomic E-state index is 6.22. The molecule has 0 bridgehead atoms. The van der Waals surface area contributed by atoms with Gasteiger partial charge >= 0.3 is 0 Å². The molecule has 1 nitrogen and oxygen atoms in total. The molecule has 1 aromatic heterocycles. The van der Waals surface area contributed by atoms with Crippen molar-refractivity contribution < 1.29 is 4.42 Å². The largest absolute Gasteiger partial charge is 0.461 e. The molecule has 2 aromatic rings. The van der Waals surface area contributed by atoms with Crippen molar-refractivity contribution in [3.63, 3.8) is 0 Å². The fourth-order valence-corrected chi connectivity index (χ4v) is 3.91. The van der Waals surface area contributed by atoms with Crippen molar-refractivity contribution in [3.8, 4) is 0 Å². The van der Waals surface area contributed by atoms with Crippen molar-refractivity contribution in [2.24, 2.45) is 0 Å². The van der Waals surface area contributed by atoms with Crippen molar-refractivity contribution in [1.29, 1.82) is 0 Å². The van der Waals surface area contributed by atoms with Gasteiger partial charge in [0.05, 0.1) is 0 Å². The first-order valence-corrected chi connectivity index (χ1v) is 7.87. The summed E-state index contributed by atoms with van der Waals surface area (Å²) >= 11 is 0. The standard InChI is InChI=1S/C20H26O/c1-10-9-15-13(4)18(20(6,7)8)19-17(16(15)11(10)2)12(3)14(5)21-19/h9H2,1-8H3. The van der Waals surface area contributed by atoms with E-state index < -0.39 is 0 Å². The summed E-state index contributed by atoms with van der Waals surface area (Å²) in [6, 6.07) is 0. The van der Waals surface area contributed by atoms with E-state index in [0.29, 0.717) is 0 Å². The van der Waals surface area contributed by atoms with Gasteiger partial charge in [0, 0.05) is 10.9 Å². The Balaban J connectivity index is 2.57. The van der Waals surface area contributed by atoms with E-state index in [1.807, 2.05) is 0 Å². The first kappa shape index (κ1) is 14.4. The summed E-state index contributed by atoms with van der Waals surface area (Å²) in [6.45, 7) is 18.0. The third kappa shape index (κ3) is 1.83. The smallest absolute Gasteiger partial charge is 0.139 e. The fourth-order valence-electron chi connectivity index (χ4n) is 3.91. The molecule has 0 spiro atoms. The summed E-state index contributed by atoms with van der Waals surface area (Å²) in [5.41, 5.74) is 11.2. The molecule has 0 saturated heterocycles. The molecule has 0 aliphatic heterocycles. The van der Waals surface area contributed by atoms with E-state index in [4.69, 9.17) is 4.42 Å². The van der Waals surface area contributed by atoms with Gasteiger partial charge in [0.2, 0.25) is 0 Å². The van der Waals surface area contributed by atoms with Gasteiger partial charge in [0.1, 0.15) is 11.3 Å². The Morgan fingerprint density at radius 1 is 0.905 bits per heavy atom. The van der Waals surface area contributed by atoms with Gasteiger partial charge < -0.3 is 4.42 Å². The molecule has 0 saturated carbocycles. The Labute approximate surface area is 128 Å². The molecule has 0 N–H and O–H groups in total. The molecule has 0 atom stereocenters. The molecule has 1 aromatic carbocycles. The molecule has 0 radical (unpaired) electrons. The highest BCUT2D eigenvalue weighted by Crippen LogP contribution is 2.46. The minimum Gasteiger partial charge on any atom is -0.461 e. The lowest BCUT2D eigenvalue weighted by atomic mass is 9.79. The predicted molar refractivity (Wildman–Crippen MR) is 91.1 cm³/mol. The summed E-state index contributed by atoms with van der Waals surface area (Å²) in [5.74, 6) is 1.06. The van der Waals surface area contributed by atoms with Crippen LogP contribution in [0.2, 0.25) is 0 Å². The van der Waals surface area contributed by atoms with E-state index in [1.165, 1.54) is 44.3 Å². The van der Waals surface area contributed by atoms with Crippen molar-refractivity contribution in [2.45, 2.75) is 67.2 Å². The minimum atomic E-state index is 0.0957. The van der Waals surface area contributed by atoms with Crippen LogP contribution >= 0.6 is 0 Å². The summed E-state index contributed by atoms with van der Waals surface area (Å²) in [5, 5.41) is 1.35. The van der Waals surface area contributed by atoms with Gasteiger partial charge in [0.25, 0.3) is 0 Å². The highest BCUT2D eigenvalue weighted by Gasteiger charge is 2.31. The highest BCUT2D eigenvalue weighted by atomic mass is 16.3. The van der Waals surface area contributed by atoms with Crippen molar-refractivity contribution in [3.05, 3.63) is 39.2 Å². The van der Waals surface area contributed by atoms with Crippen molar-refractivity contribution in [1.82, 2.24) is 0 Å². The first-order chi connectivity index (χ1) is 9.64. The second-order valence-corrected chi connectivity index (χ2v) is 7.67. The number of allylic oxidation sites excluding steroid dienone is 2. The van der Waals surface area contributed by atoms with Crippen LogP contribution in [-0.4, -0.2) is 0 Å². The van der Waals surface area contributed by atoms with E-state index in [0.717, 1.165) is 17.8 Å². The number of furan rings is 1. The Kier molecular flexibility index (Phi) is 2.92. The van der Waals surface area contributed by atoms with Crippen LogP contribution in [0.3, 0.4) is 0 Å². The Morgan fingerprint density at radius 2 is 1.52 bits per heavy atom. The number of rotatable bonds is 0. The topological polar surface area (TPSA) is 13.1 Å². The number of hydrogen-bond donors (Lipinski definition) is 0. The number of benzene rings is 1. The molecule has 1 heterocycles. The second kappa shape index (κ2) is 4.25. The molecule has 1 heteroatoms. The Bertz CT molecular complexity index is 792.